The molecule has 0 amide bonds. The Morgan fingerprint density at radius 1 is 1.20 bits per heavy atom. The number of esters is 1. The fourth-order valence-electron chi connectivity index (χ4n) is 4.12. The molecule has 0 unspecified atom stereocenters. The molecule has 0 saturated heterocycles. The molecule has 0 radical (unpaired) electrons. The highest BCUT2D eigenvalue weighted by molar-refractivity contribution is 5.93. The minimum Gasteiger partial charge on any atom is -0.465 e. The predicted octanol–water partition coefficient (Wildman–Crippen LogP) is 2.57. The first kappa shape index (κ1) is 18.8. The van der Waals surface area contributed by atoms with Crippen LogP contribution in [0.15, 0.2) is 42.5 Å². The Morgan fingerprint density at radius 2 is 2.07 bits per heavy atom. The number of para-hydroxylation sites is 2. The molecular weight excluding hydrogens is 382 g/mol. The van der Waals surface area contributed by atoms with E-state index in [2.05, 4.69) is 25.5 Å². The lowest BCUT2D eigenvalue weighted by molar-refractivity contribution is 0.0563. The van der Waals surface area contributed by atoms with Crippen molar-refractivity contribution in [1.29, 1.82) is 0 Å². The number of carbonyl (C=O) groups is 1. The zero-order valence-electron chi connectivity index (χ0n) is 17.0. The molecule has 1 atom stereocenters. The number of nitrogens with zero attached hydrogens (tertiary/aromatic N) is 4. The van der Waals surface area contributed by atoms with Gasteiger partial charge in [0.1, 0.15) is 18.3 Å². The maximum atomic E-state index is 11.8. The Kier molecular flexibility index (Phi) is 4.72. The number of fused-ring (bicyclic) bond motifs is 4. The highest BCUT2D eigenvalue weighted by atomic mass is 16.5. The van der Waals surface area contributed by atoms with Crippen molar-refractivity contribution in [3.63, 3.8) is 0 Å². The van der Waals surface area contributed by atoms with Crippen LogP contribution < -0.4 is 5.32 Å². The van der Waals surface area contributed by atoms with Crippen LogP contribution in [0.2, 0.25) is 0 Å². The smallest absolute Gasteiger partial charge is 0.337 e. The van der Waals surface area contributed by atoms with Crippen LogP contribution in [0.5, 0.6) is 0 Å². The molecule has 8 nitrogen and oxygen atoms in total. The number of imidazole rings is 2. The molecular formula is C22H23N5O3. The van der Waals surface area contributed by atoms with E-state index in [1.165, 1.54) is 7.11 Å². The van der Waals surface area contributed by atoms with Crippen molar-refractivity contribution in [3.8, 4) is 0 Å². The number of hydrogen-bond donors (Lipinski definition) is 1. The molecule has 3 heterocycles. The summed E-state index contributed by atoms with van der Waals surface area (Å²) in [5, 5.41) is 3.52. The minimum atomic E-state index is -0.361. The monoisotopic (exact) mass is 405 g/mol. The summed E-state index contributed by atoms with van der Waals surface area (Å²) in [6, 6.07) is 13.7. The predicted molar refractivity (Wildman–Crippen MR) is 112 cm³/mol. The van der Waals surface area contributed by atoms with Gasteiger partial charge in [0.05, 0.1) is 53.9 Å². The van der Waals surface area contributed by atoms with Crippen LogP contribution in [-0.4, -0.2) is 45.3 Å². The average Bonchev–Trinajstić information content (AvgIpc) is 3.31. The summed E-state index contributed by atoms with van der Waals surface area (Å²) in [5.41, 5.74) is 4.40. The fraction of sp³-hybridized carbons (Fsp3) is 0.318. The second-order valence-electron chi connectivity index (χ2n) is 7.47. The highest BCUT2D eigenvalue weighted by Crippen LogP contribution is 2.26. The number of carbonyl (C=O) groups excluding carboxylic acids is 1. The third-order valence-electron chi connectivity index (χ3n) is 5.63. The molecule has 154 valence electrons. The second kappa shape index (κ2) is 7.55. The molecule has 1 aliphatic rings. The van der Waals surface area contributed by atoms with Gasteiger partial charge in [-0.3, -0.25) is 0 Å². The van der Waals surface area contributed by atoms with Gasteiger partial charge < -0.3 is 23.9 Å². The zero-order valence-corrected chi connectivity index (χ0v) is 17.0. The molecule has 5 rings (SSSR count). The fourth-order valence-corrected chi connectivity index (χ4v) is 4.12. The Morgan fingerprint density at radius 3 is 2.90 bits per heavy atom. The molecule has 0 bridgehead atoms. The first-order chi connectivity index (χ1) is 14.7. The topological polar surface area (TPSA) is 83.2 Å². The third-order valence-corrected chi connectivity index (χ3v) is 5.63. The van der Waals surface area contributed by atoms with E-state index in [-0.39, 0.29) is 12.0 Å². The zero-order chi connectivity index (χ0) is 20.7. The van der Waals surface area contributed by atoms with Crippen LogP contribution >= 0.6 is 0 Å². The highest BCUT2D eigenvalue weighted by Gasteiger charge is 2.24. The largest absolute Gasteiger partial charge is 0.465 e. The standard InChI is InChI=1S/C22H23N5O3/c1-26-18-6-4-3-5-16(18)24-20(26)11-23-10-15-12-30-13-21-25-17-9-14(22(28)29-2)7-8-19(17)27(15)21/h3-9,15,23H,10-13H2,1-2H3/t15-/m0/s1. The van der Waals surface area contributed by atoms with Gasteiger partial charge in [-0.25, -0.2) is 14.8 Å². The lowest BCUT2D eigenvalue weighted by Gasteiger charge is -2.26. The quantitative estimate of drug-likeness (QED) is 0.514. The van der Waals surface area contributed by atoms with Crippen molar-refractivity contribution in [2.24, 2.45) is 7.05 Å². The van der Waals surface area contributed by atoms with Gasteiger partial charge in [0, 0.05) is 13.6 Å². The van der Waals surface area contributed by atoms with Crippen LogP contribution in [0.4, 0.5) is 0 Å². The molecule has 4 aromatic rings. The summed E-state index contributed by atoms with van der Waals surface area (Å²) in [4.78, 5) is 21.2. The van der Waals surface area contributed by atoms with Gasteiger partial charge in [0.2, 0.25) is 0 Å². The molecule has 0 fully saturated rings. The summed E-state index contributed by atoms with van der Waals surface area (Å²) >= 11 is 0. The van der Waals surface area contributed by atoms with Crippen molar-refractivity contribution in [2.75, 3.05) is 20.3 Å². The van der Waals surface area contributed by atoms with Gasteiger partial charge in [-0.1, -0.05) is 12.1 Å². The van der Waals surface area contributed by atoms with Crippen LogP contribution in [-0.2, 0) is 29.7 Å². The molecule has 0 spiro atoms. The molecule has 2 aromatic heterocycles. The number of ether oxygens (including phenoxy) is 2. The van der Waals surface area contributed by atoms with Crippen LogP contribution in [0.25, 0.3) is 22.1 Å². The number of methoxy groups -OCH3 is 1. The van der Waals surface area contributed by atoms with E-state index < -0.39 is 0 Å². The average molecular weight is 405 g/mol. The van der Waals surface area contributed by atoms with E-state index in [1.54, 1.807) is 12.1 Å². The molecule has 8 heteroatoms. The van der Waals surface area contributed by atoms with E-state index in [0.29, 0.717) is 25.3 Å². The summed E-state index contributed by atoms with van der Waals surface area (Å²) in [7, 11) is 3.42. The van der Waals surface area contributed by atoms with Crippen LogP contribution in [0.1, 0.15) is 28.0 Å². The number of hydrogen-bond acceptors (Lipinski definition) is 6. The molecule has 2 aromatic carbocycles. The van der Waals surface area contributed by atoms with Crippen LogP contribution in [0, 0.1) is 0 Å². The molecule has 0 saturated carbocycles. The van der Waals surface area contributed by atoms with Crippen LogP contribution in [0.3, 0.4) is 0 Å². The second-order valence-corrected chi connectivity index (χ2v) is 7.47. The van der Waals surface area contributed by atoms with Gasteiger partial charge in [-0.15, -0.1) is 0 Å². The lowest BCUT2D eigenvalue weighted by atomic mass is 10.2. The van der Waals surface area contributed by atoms with E-state index in [4.69, 9.17) is 14.5 Å². The minimum absolute atomic E-state index is 0.109. The van der Waals surface area contributed by atoms with Crippen molar-refractivity contribution < 1.29 is 14.3 Å². The van der Waals surface area contributed by atoms with Gasteiger partial charge in [0.15, 0.2) is 0 Å². The third kappa shape index (κ3) is 3.14. The Hall–Kier alpha value is -3.23. The Bertz CT molecular complexity index is 1240. The molecule has 1 aliphatic heterocycles. The molecule has 0 aliphatic carbocycles. The van der Waals surface area contributed by atoms with Crippen molar-refractivity contribution >= 4 is 28.0 Å². The van der Waals surface area contributed by atoms with Crippen molar-refractivity contribution in [2.45, 2.75) is 19.2 Å². The SMILES string of the molecule is COC(=O)c1ccc2c(c1)nc1n2[C@@H](CNCc2nc3ccccc3n2C)COC1. The van der Waals surface area contributed by atoms with Crippen molar-refractivity contribution in [1.82, 2.24) is 24.4 Å². The summed E-state index contributed by atoms with van der Waals surface area (Å²) in [5.74, 6) is 1.50. The van der Waals surface area contributed by atoms with Gasteiger partial charge in [-0.05, 0) is 30.3 Å². The number of aromatic nitrogens is 4. The number of aryl methyl sites for hydroxylation is 1. The summed E-state index contributed by atoms with van der Waals surface area (Å²) in [6.07, 6.45) is 0. The Balaban J connectivity index is 1.36. The first-order valence-electron chi connectivity index (χ1n) is 9.93. The molecule has 1 N–H and O–H groups in total. The summed E-state index contributed by atoms with van der Waals surface area (Å²) in [6.45, 7) is 2.45. The van der Waals surface area contributed by atoms with Gasteiger partial charge in [-0.2, -0.15) is 0 Å². The Labute approximate surface area is 173 Å². The number of benzene rings is 2. The van der Waals surface area contributed by atoms with E-state index in [1.807, 2.05) is 31.3 Å². The number of rotatable bonds is 5. The van der Waals surface area contributed by atoms with E-state index >= 15 is 0 Å². The van der Waals surface area contributed by atoms with Gasteiger partial charge in [0.25, 0.3) is 0 Å². The molecule has 30 heavy (non-hydrogen) atoms. The lowest BCUT2D eigenvalue weighted by Crippen LogP contribution is -2.33. The van der Waals surface area contributed by atoms with E-state index in [9.17, 15) is 4.79 Å². The maximum Gasteiger partial charge on any atom is 0.337 e. The maximum absolute atomic E-state index is 11.8. The first-order valence-corrected chi connectivity index (χ1v) is 9.93. The van der Waals surface area contributed by atoms with E-state index in [0.717, 1.165) is 40.3 Å². The number of nitrogens with one attached hydrogen (secondary N) is 1. The normalized spacial score (nSPS) is 16.1. The van der Waals surface area contributed by atoms with Crippen molar-refractivity contribution in [3.05, 3.63) is 59.7 Å². The summed E-state index contributed by atoms with van der Waals surface area (Å²) < 4.78 is 14.9. The van der Waals surface area contributed by atoms with Gasteiger partial charge >= 0.3 is 5.97 Å².